The topological polar surface area (TPSA) is 205 Å². The van der Waals surface area contributed by atoms with Crippen LogP contribution < -0.4 is 0 Å². The van der Waals surface area contributed by atoms with Crippen molar-refractivity contribution in [2.24, 2.45) is 35.5 Å². The van der Waals surface area contributed by atoms with Crippen LogP contribution in [0.15, 0.2) is 47.6 Å². The van der Waals surface area contributed by atoms with Crippen molar-refractivity contribution in [1.82, 2.24) is 4.90 Å². The summed E-state index contributed by atoms with van der Waals surface area (Å²) in [5.74, 6) is -7.94. The fourth-order valence-electron chi connectivity index (χ4n) is 10.5. The van der Waals surface area contributed by atoms with E-state index in [0.29, 0.717) is 63.4 Å². The summed E-state index contributed by atoms with van der Waals surface area (Å²) >= 11 is 0. The minimum absolute atomic E-state index is 0.0185. The van der Waals surface area contributed by atoms with Gasteiger partial charge in [0.1, 0.15) is 18.2 Å². The van der Waals surface area contributed by atoms with Crippen LogP contribution in [0, 0.1) is 35.5 Å². The normalized spacial score (nSPS) is 37.5. The lowest BCUT2D eigenvalue weighted by atomic mass is 9.78. The molecule has 15 atom stereocenters. The molecule has 3 fully saturated rings. The molecule has 15 heteroatoms. The van der Waals surface area contributed by atoms with Gasteiger partial charge in [0.25, 0.3) is 11.7 Å². The lowest BCUT2D eigenvalue weighted by molar-refractivity contribution is -0.265. The Morgan fingerprint density at radius 2 is 1.60 bits per heavy atom. The summed E-state index contributed by atoms with van der Waals surface area (Å²) in [5.41, 5.74) is 1.19. The average Bonchev–Trinajstić information content (AvgIpc) is 3.32. The van der Waals surface area contributed by atoms with E-state index in [9.17, 15) is 39.3 Å². The number of aliphatic hydroxyl groups excluding tert-OH is 2. The Bertz CT molecular complexity index is 1810. The molecule has 384 valence electrons. The second kappa shape index (κ2) is 27.3. The number of methoxy groups -OCH3 is 3. The number of carbonyl (C=O) groups is 5. The molecule has 1 aliphatic carbocycles. The van der Waals surface area contributed by atoms with Crippen molar-refractivity contribution in [3.05, 3.63) is 47.6 Å². The van der Waals surface area contributed by atoms with Gasteiger partial charge in [-0.3, -0.25) is 19.2 Å². The number of nitrogens with zero attached hydrogens (tertiary/aromatic N) is 1. The first-order valence-corrected chi connectivity index (χ1v) is 25.0. The monoisotopic (exact) mass is 958 g/mol. The van der Waals surface area contributed by atoms with Crippen molar-refractivity contribution < 1.29 is 67.7 Å². The minimum atomic E-state index is -2.43. The number of ether oxygens (including phenoxy) is 6. The highest BCUT2D eigenvalue weighted by Crippen LogP contribution is 2.38. The SMILES string of the molecule is COC1CC2CCC(C)C(O)(O2)C(=O)C(=O)N2CCCCC2C(=O)OC(C(C)CC2CCC(OCCO)C(OC)C2)CC(=O)/C(C)=C/C(C)C(O)C(OC)C(=O)C(C)CC(C)C=CC=CC=C1C. The van der Waals surface area contributed by atoms with Crippen LogP contribution in [0.3, 0.4) is 0 Å². The number of rotatable bonds is 9. The molecule has 4 aliphatic rings. The standard InChI is InChI=1S/C53H83NO14/c1-32-16-12-11-13-17-33(2)44(63-8)30-40-21-19-38(7)53(62,68-40)50(59)51(60)54-23-15-14-18-41(54)52(61)67-45(35(4)28-39-20-22-43(66-25-24-55)46(29-39)64-9)31-42(56)34(3)27-37(6)48(58)49(65-10)47(57)36(5)26-32/h11-13,16-17,27,32,35-41,43-46,48-49,55,58,62H,14-15,18-26,28-31H2,1-10H3/b13-11?,16-12?,33-17?,34-27+. The van der Waals surface area contributed by atoms with Gasteiger partial charge in [-0.15, -0.1) is 0 Å². The molecule has 0 aromatic rings. The Morgan fingerprint density at radius 1 is 0.868 bits per heavy atom. The summed E-state index contributed by atoms with van der Waals surface area (Å²) in [6, 6.07) is -1.15. The maximum Gasteiger partial charge on any atom is 0.329 e. The molecule has 1 saturated carbocycles. The summed E-state index contributed by atoms with van der Waals surface area (Å²) < 4.78 is 35.6. The maximum absolute atomic E-state index is 14.5. The lowest BCUT2D eigenvalue weighted by Crippen LogP contribution is -2.61. The third-order valence-corrected chi connectivity index (χ3v) is 14.9. The Kier molecular flexibility index (Phi) is 22.9. The van der Waals surface area contributed by atoms with Crippen LogP contribution in [0.25, 0.3) is 0 Å². The Balaban J connectivity index is 1.70. The number of aliphatic hydroxyl groups is 3. The van der Waals surface area contributed by atoms with E-state index in [0.717, 1.165) is 12.0 Å². The zero-order valence-corrected chi connectivity index (χ0v) is 42.4. The fourth-order valence-corrected chi connectivity index (χ4v) is 10.5. The van der Waals surface area contributed by atoms with E-state index in [2.05, 4.69) is 0 Å². The van der Waals surface area contributed by atoms with Gasteiger partial charge in [-0.25, -0.2) is 4.79 Å². The van der Waals surface area contributed by atoms with E-state index in [-0.39, 0.29) is 74.1 Å². The van der Waals surface area contributed by atoms with Gasteiger partial charge < -0.3 is 48.6 Å². The number of fused-ring (bicyclic) bond motifs is 3. The summed E-state index contributed by atoms with van der Waals surface area (Å²) in [5, 5.41) is 32.8. The van der Waals surface area contributed by atoms with Crippen LogP contribution in [0.4, 0.5) is 0 Å². The van der Waals surface area contributed by atoms with Crippen molar-refractivity contribution in [3.63, 3.8) is 0 Å². The van der Waals surface area contributed by atoms with Crippen LogP contribution in [0.5, 0.6) is 0 Å². The largest absolute Gasteiger partial charge is 0.460 e. The fraction of sp³-hybridized carbons (Fsp3) is 0.755. The van der Waals surface area contributed by atoms with Crippen molar-refractivity contribution >= 4 is 29.2 Å². The summed E-state index contributed by atoms with van der Waals surface area (Å²) in [4.78, 5) is 72.1. The van der Waals surface area contributed by atoms with Gasteiger partial charge in [0.2, 0.25) is 5.79 Å². The van der Waals surface area contributed by atoms with Gasteiger partial charge >= 0.3 is 5.97 Å². The number of ketones is 3. The van der Waals surface area contributed by atoms with Crippen molar-refractivity contribution in [2.45, 2.75) is 180 Å². The zero-order chi connectivity index (χ0) is 50.3. The van der Waals surface area contributed by atoms with Gasteiger partial charge in [-0.2, -0.15) is 0 Å². The number of allylic oxidation sites excluding steroid dienone is 6. The molecule has 0 radical (unpaired) electrons. The number of hydrogen-bond acceptors (Lipinski definition) is 14. The molecule has 3 aliphatic heterocycles. The molecule has 1 amide bonds. The highest BCUT2D eigenvalue weighted by Gasteiger charge is 2.53. The number of hydrogen-bond donors (Lipinski definition) is 3. The number of carbonyl (C=O) groups excluding carboxylic acids is 5. The zero-order valence-electron chi connectivity index (χ0n) is 42.4. The van der Waals surface area contributed by atoms with E-state index in [1.807, 2.05) is 58.1 Å². The molecule has 2 bridgehead atoms. The molecule has 0 aromatic carbocycles. The smallest absolute Gasteiger partial charge is 0.329 e. The van der Waals surface area contributed by atoms with Gasteiger partial charge in [0.15, 0.2) is 11.6 Å². The third kappa shape index (κ3) is 15.3. The Hall–Kier alpha value is -3.41. The molecule has 15 nitrogen and oxygen atoms in total. The van der Waals surface area contributed by atoms with E-state index >= 15 is 0 Å². The van der Waals surface area contributed by atoms with E-state index in [1.54, 1.807) is 41.1 Å². The first kappa shape index (κ1) is 57.2. The number of piperidine rings is 1. The van der Waals surface area contributed by atoms with Crippen LogP contribution in [0.1, 0.15) is 126 Å². The highest BCUT2D eigenvalue weighted by atomic mass is 16.6. The molecule has 68 heavy (non-hydrogen) atoms. The summed E-state index contributed by atoms with van der Waals surface area (Å²) in [7, 11) is 4.59. The van der Waals surface area contributed by atoms with Gasteiger partial charge in [-0.1, -0.05) is 71.1 Å². The van der Waals surface area contributed by atoms with Crippen molar-refractivity contribution in [2.75, 3.05) is 41.1 Å². The van der Waals surface area contributed by atoms with Crippen LogP contribution in [-0.4, -0.2) is 145 Å². The van der Waals surface area contributed by atoms with Crippen molar-refractivity contribution in [1.29, 1.82) is 0 Å². The summed E-state index contributed by atoms with van der Waals surface area (Å²) in [6.07, 6.45) is 12.0. The molecule has 15 unspecified atom stereocenters. The van der Waals surface area contributed by atoms with Crippen molar-refractivity contribution in [3.8, 4) is 0 Å². The molecule has 0 spiro atoms. The lowest BCUT2D eigenvalue weighted by Gasteiger charge is -2.42. The predicted molar refractivity (Wildman–Crippen MR) is 256 cm³/mol. The highest BCUT2D eigenvalue weighted by molar-refractivity contribution is 6.39. The van der Waals surface area contributed by atoms with Crippen LogP contribution in [0.2, 0.25) is 0 Å². The molecule has 2 saturated heterocycles. The molecule has 3 heterocycles. The Labute approximate surface area is 405 Å². The number of cyclic esters (lactones) is 1. The Morgan fingerprint density at radius 3 is 2.28 bits per heavy atom. The van der Waals surface area contributed by atoms with E-state index in [1.165, 1.54) is 12.0 Å². The molecule has 0 aromatic heterocycles. The van der Waals surface area contributed by atoms with Crippen LogP contribution >= 0.6 is 0 Å². The number of esters is 1. The predicted octanol–water partition coefficient (Wildman–Crippen LogP) is 6.20. The number of Topliss-reactive ketones (excluding diaryl/α,β-unsaturated/α-hetero) is 3. The van der Waals surface area contributed by atoms with Gasteiger partial charge in [-0.05, 0) is 107 Å². The first-order valence-electron chi connectivity index (χ1n) is 25.0. The second-order valence-electron chi connectivity index (χ2n) is 20.2. The summed E-state index contributed by atoms with van der Waals surface area (Å²) in [6.45, 7) is 12.9. The van der Waals surface area contributed by atoms with Crippen LogP contribution in [-0.2, 0) is 52.4 Å². The quantitative estimate of drug-likeness (QED) is 0.174. The maximum atomic E-state index is 14.5. The minimum Gasteiger partial charge on any atom is -0.460 e. The van der Waals surface area contributed by atoms with Gasteiger partial charge in [0, 0.05) is 58.5 Å². The molecule has 4 rings (SSSR count). The van der Waals surface area contributed by atoms with E-state index < -0.39 is 77.8 Å². The number of amides is 1. The second-order valence-corrected chi connectivity index (χ2v) is 20.2. The molecular formula is C53H83NO14. The first-order chi connectivity index (χ1) is 32.3. The van der Waals surface area contributed by atoms with Gasteiger partial charge in [0.05, 0.1) is 43.7 Å². The average molecular weight is 958 g/mol. The molecule has 3 N–H and O–H groups in total. The van der Waals surface area contributed by atoms with E-state index in [4.69, 9.17) is 28.4 Å². The molecular weight excluding hydrogens is 875 g/mol. The third-order valence-electron chi connectivity index (χ3n) is 14.9.